The lowest BCUT2D eigenvalue weighted by Crippen LogP contribution is -2.58. The summed E-state index contributed by atoms with van der Waals surface area (Å²) in [6, 6.07) is 12.1. The third-order valence-corrected chi connectivity index (χ3v) is 4.74. The lowest BCUT2D eigenvalue weighted by atomic mass is 9.83. The minimum absolute atomic E-state index is 0.111. The van der Waals surface area contributed by atoms with Crippen LogP contribution >= 0.6 is 0 Å². The monoisotopic (exact) mass is 283 g/mol. The van der Waals surface area contributed by atoms with Crippen molar-refractivity contribution in [3.05, 3.63) is 35.9 Å². The molecule has 1 N–H and O–H groups in total. The Morgan fingerprint density at radius 1 is 1.33 bits per heavy atom. The normalized spacial score (nSPS) is 28.6. The van der Waals surface area contributed by atoms with Crippen molar-refractivity contribution in [2.24, 2.45) is 11.8 Å². The van der Waals surface area contributed by atoms with Crippen LogP contribution in [-0.2, 0) is 11.2 Å². The minimum Gasteiger partial charge on any atom is -0.351 e. The second-order valence-corrected chi connectivity index (χ2v) is 6.12. The number of benzene rings is 1. The Kier molecular flexibility index (Phi) is 4.21. The number of piperidine rings is 3. The van der Waals surface area contributed by atoms with Crippen molar-refractivity contribution < 1.29 is 4.79 Å². The van der Waals surface area contributed by atoms with E-state index in [1.807, 2.05) is 30.3 Å². The average molecular weight is 283 g/mol. The van der Waals surface area contributed by atoms with Gasteiger partial charge in [-0.1, -0.05) is 30.3 Å². The van der Waals surface area contributed by atoms with Crippen LogP contribution in [0, 0.1) is 23.2 Å². The van der Waals surface area contributed by atoms with Crippen LogP contribution in [0.4, 0.5) is 0 Å². The molecule has 4 heteroatoms. The van der Waals surface area contributed by atoms with Gasteiger partial charge in [-0.2, -0.15) is 5.26 Å². The number of rotatable bonds is 4. The number of nitrogens with one attached hydrogen (secondary N) is 1. The Morgan fingerprint density at radius 2 is 2.05 bits per heavy atom. The first-order valence-corrected chi connectivity index (χ1v) is 7.72. The van der Waals surface area contributed by atoms with E-state index >= 15 is 0 Å². The van der Waals surface area contributed by atoms with Gasteiger partial charge in [0.1, 0.15) is 5.92 Å². The van der Waals surface area contributed by atoms with Gasteiger partial charge < -0.3 is 10.2 Å². The van der Waals surface area contributed by atoms with E-state index < -0.39 is 5.92 Å². The molecule has 3 aliphatic rings. The number of fused-ring (bicyclic) bond motifs is 3. The predicted octanol–water partition coefficient (Wildman–Crippen LogP) is 1.58. The molecule has 3 heterocycles. The van der Waals surface area contributed by atoms with Crippen molar-refractivity contribution in [3.8, 4) is 6.07 Å². The van der Waals surface area contributed by atoms with E-state index in [9.17, 15) is 10.1 Å². The third-order valence-electron chi connectivity index (χ3n) is 4.74. The van der Waals surface area contributed by atoms with Crippen LogP contribution in [0.15, 0.2) is 30.3 Å². The summed E-state index contributed by atoms with van der Waals surface area (Å²) in [4.78, 5) is 14.8. The molecule has 0 spiro atoms. The number of carbonyl (C=O) groups excluding carboxylic acids is 1. The van der Waals surface area contributed by atoms with E-state index in [4.69, 9.17) is 0 Å². The molecular weight excluding hydrogens is 262 g/mol. The van der Waals surface area contributed by atoms with Crippen LogP contribution < -0.4 is 5.32 Å². The molecule has 21 heavy (non-hydrogen) atoms. The summed E-state index contributed by atoms with van der Waals surface area (Å²) >= 11 is 0. The number of hydrogen-bond donors (Lipinski definition) is 1. The topological polar surface area (TPSA) is 56.1 Å². The van der Waals surface area contributed by atoms with Gasteiger partial charge in [0.15, 0.2) is 0 Å². The van der Waals surface area contributed by atoms with Crippen molar-refractivity contribution in [1.82, 2.24) is 10.2 Å². The summed E-state index contributed by atoms with van der Waals surface area (Å²) in [6.07, 6.45) is 2.83. The van der Waals surface area contributed by atoms with Crippen LogP contribution in [0.25, 0.3) is 0 Å². The second kappa shape index (κ2) is 6.28. The fourth-order valence-electron chi connectivity index (χ4n) is 3.46. The average Bonchev–Trinajstić information content (AvgIpc) is 2.54. The maximum atomic E-state index is 12.4. The van der Waals surface area contributed by atoms with Gasteiger partial charge in [-0.3, -0.25) is 4.79 Å². The molecule has 1 aromatic rings. The predicted molar refractivity (Wildman–Crippen MR) is 80.3 cm³/mol. The van der Waals surface area contributed by atoms with E-state index in [1.54, 1.807) is 0 Å². The molecular formula is C17H21N3O. The maximum absolute atomic E-state index is 12.4. The Hall–Kier alpha value is -1.86. The first kappa shape index (κ1) is 14.1. The van der Waals surface area contributed by atoms with Crippen molar-refractivity contribution in [3.63, 3.8) is 0 Å². The number of hydrogen-bond acceptors (Lipinski definition) is 3. The van der Waals surface area contributed by atoms with Gasteiger partial charge in [-0.05, 0) is 43.8 Å². The van der Waals surface area contributed by atoms with Gasteiger partial charge in [0.2, 0.25) is 5.91 Å². The third kappa shape index (κ3) is 3.25. The number of nitriles is 1. The van der Waals surface area contributed by atoms with Crippen molar-refractivity contribution in [2.75, 3.05) is 19.6 Å². The van der Waals surface area contributed by atoms with Crippen LogP contribution in [0.2, 0.25) is 0 Å². The molecule has 2 bridgehead atoms. The molecule has 1 aromatic carbocycles. The summed E-state index contributed by atoms with van der Waals surface area (Å²) in [5.74, 6) is -0.113. The van der Waals surface area contributed by atoms with E-state index in [-0.39, 0.29) is 11.9 Å². The zero-order valence-electron chi connectivity index (χ0n) is 12.2. The van der Waals surface area contributed by atoms with E-state index in [2.05, 4.69) is 16.3 Å². The smallest absolute Gasteiger partial charge is 0.237 e. The highest BCUT2D eigenvalue weighted by molar-refractivity contribution is 5.81. The van der Waals surface area contributed by atoms with Crippen LogP contribution in [0.5, 0.6) is 0 Å². The Bertz CT molecular complexity index is 529. The van der Waals surface area contributed by atoms with Crippen molar-refractivity contribution in [1.29, 1.82) is 5.26 Å². The minimum atomic E-state index is -0.595. The summed E-state index contributed by atoms with van der Waals surface area (Å²) in [6.45, 7) is 3.26. The van der Waals surface area contributed by atoms with Gasteiger partial charge >= 0.3 is 0 Å². The van der Waals surface area contributed by atoms with Gasteiger partial charge in [0, 0.05) is 12.6 Å². The van der Waals surface area contributed by atoms with Crippen molar-refractivity contribution >= 4 is 5.91 Å². The molecule has 0 radical (unpaired) electrons. The number of nitrogens with zero attached hydrogens (tertiary/aromatic N) is 2. The fraction of sp³-hybridized carbons (Fsp3) is 0.529. The molecule has 0 aromatic heterocycles. The quantitative estimate of drug-likeness (QED) is 0.912. The molecule has 4 rings (SSSR count). The molecule has 1 amide bonds. The molecule has 3 fully saturated rings. The Morgan fingerprint density at radius 3 is 2.62 bits per heavy atom. The van der Waals surface area contributed by atoms with Gasteiger partial charge in [0.05, 0.1) is 6.07 Å². The molecule has 4 nitrogen and oxygen atoms in total. The maximum Gasteiger partial charge on any atom is 0.237 e. The van der Waals surface area contributed by atoms with Gasteiger partial charge in [-0.25, -0.2) is 0 Å². The zero-order valence-corrected chi connectivity index (χ0v) is 12.2. The summed E-state index contributed by atoms with van der Waals surface area (Å²) in [5.41, 5.74) is 1.04. The Balaban J connectivity index is 1.60. The van der Waals surface area contributed by atoms with E-state index in [1.165, 1.54) is 12.8 Å². The number of amides is 1. The zero-order chi connectivity index (χ0) is 14.7. The molecule has 0 saturated carbocycles. The molecule has 110 valence electrons. The summed E-state index contributed by atoms with van der Waals surface area (Å²) in [7, 11) is 0. The van der Waals surface area contributed by atoms with Gasteiger partial charge in [-0.15, -0.1) is 0 Å². The molecule has 3 saturated heterocycles. The van der Waals surface area contributed by atoms with Crippen LogP contribution in [0.1, 0.15) is 18.4 Å². The Labute approximate surface area is 125 Å². The number of carbonyl (C=O) groups is 1. The lowest BCUT2D eigenvalue weighted by molar-refractivity contribution is -0.125. The SMILES string of the molecule is N#CC(Cc1ccccc1)C(=O)NC1CN2CCC1CC2. The highest BCUT2D eigenvalue weighted by Crippen LogP contribution is 2.27. The second-order valence-electron chi connectivity index (χ2n) is 6.12. The lowest BCUT2D eigenvalue weighted by Gasteiger charge is -2.45. The van der Waals surface area contributed by atoms with E-state index in [0.717, 1.165) is 25.2 Å². The summed E-state index contributed by atoms with van der Waals surface area (Å²) in [5, 5.41) is 12.4. The molecule has 3 aliphatic heterocycles. The molecule has 0 aliphatic carbocycles. The highest BCUT2D eigenvalue weighted by atomic mass is 16.1. The standard InChI is InChI=1S/C17H21N3O/c18-11-15(10-13-4-2-1-3-5-13)17(21)19-16-12-20-8-6-14(16)7-9-20/h1-5,14-16H,6-10,12H2,(H,19,21). The van der Waals surface area contributed by atoms with Crippen LogP contribution in [-0.4, -0.2) is 36.5 Å². The first-order valence-electron chi connectivity index (χ1n) is 7.72. The van der Waals surface area contributed by atoms with E-state index in [0.29, 0.717) is 12.3 Å². The first-order chi connectivity index (χ1) is 10.3. The largest absolute Gasteiger partial charge is 0.351 e. The molecule has 2 unspecified atom stereocenters. The van der Waals surface area contributed by atoms with Gasteiger partial charge in [0.25, 0.3) is 0 Å². The highest BCUT2D eigenvalue weighted by Gasteiger charge is 2.35. The molecule has 2 atom stereocenters. The summed E-state index contributed by atoms with van der Waals surface area (Å²) < 4.78 is 0. The van der Waals surface area contributed by atoms with Crippen LogP contribution in [0.3, 0.4) is 0 Å². The van der Waals surface area contributed by atoms with Crippen molar-refractivity contribution in [2.45, 2.75) is 25.3 Å². The fourth-order valence-corrected chi connectivity index (χ4v) is 3.46.